The first-order chi connectivity index (χ1) is 13.3. The zero-order chi connectivity index (χ0) is 20.3. The number of amides is 1. The Hall–Kier alpha value is -2.87. The second kappa shape index (κ2) is 8.02. The Morgan fingerprint density at radius 3 is 2.54 bits per heavy atom. The zero-order valence-electron chi connectivity index (χ0n) is 14.3. The van der Waals surface area contributed by atoms with Crippen molar-refractivity contribution in [1.82, 2.24) is 15.1 Å². The molecule has 0 atom stereocenters. The molecule has 1 amide bonds. The normalized spacial score (nSPS) is 11.5. The molecule has 3 rings (SSSR count). The van der Waals surface area contributed by atoms with Crippen molar-refractivity contribution < 1.29 is 22.4 Å². The summed E-state index contributed by atoms with van der Waals surface area (Å²) in [7, 11) is 0. The summed E-state index contributed by atoms with van der Waals surface area (Å²) >= 11 is 6.05. The van der Waals surface area contributed by atoms with Crippen LogP contribution in [0.25, 0.3) is 5.69 Å². The number of nitrogens with zero attached hydrogens (tertiary/aromatic N) is 2. The number of alkyl halides is 3. The maximum absolute atomic E-state index is 13.2. The second-order valence-corrected chi connectivity index (χ2v) is 6.32. The minimum absolute atomic E-state index is 0.108. The highest BCUT2D eigenvalue weighted by molar-refractivity contribution is 6.32. The lowest BCUT2D eigenvalue weighted by atomic mass is 10.1. The van der Waals surface area contributed by atoms with Crippen molar-refractivity contribution in [3.05, 3.63) is 82.4 Å². The lowest BCUT2D eigenvalue weighted by Crippen LogP contribution is -2.28. The zero-order valence-corrected chi connectivity index (χ0v) is 15.1. The van der Waals surface area contributed by atoms with E-state index in [0.29, 0.717) is 18.1 Å². The van der Waals surface area contributed by atoms with Crippen LogP contribution >= 0.6 is 11.6 Å². The average molecular weight is 412 g/mol. The van der Waals surface area contributed by atoms with Crippen LogP contribution in [0.5, 0.6) is 0 Å². The molecule has 2 aromatic carbocycles. The molecule has 1 N–H and O–H groups in total. The molecule has 4 nitrogen and oxygen atoms in total. The van der Waals surface area contributed by atoms with Crippen molar-refractivity contribution in [2.45, 2.75) is 12.6 Å². The molecule has 0 radical (unpaired) electrons. The van der Waals surface area contributed by atoms with Crippen LogP contribution < -0.4 is 5.32 Å². The summed E-state index contributed by atoms with van der Waals surface area (Å²) in [4.78, 5) is 12.5. The third-order valence-electron chi connectivity index (χ3n) is 3.90. The monoisotopic (exact) mass is 411 g/mol. The van der Waals surface area contributed by atoms with E-state index in [-0.39, 0.29) is 22.9 Å². The van der Waals surface area contributed by atoms with E-state index < -0.39 is 23.6 Å². The van der Waals surface area contributed by atoms with Crippen LogP contribution in [0.2, 0.25) is 5.02 Å². The number of hydrogen-bond donors (Lipinski definition) is 1. The molecule has 146 valence electrons. The molecular weight excluding hydrogens is 398 g/mol. The van der Waals surface area contributed by atoms with Gasteiger partial charge in [0.2, 0.25) is 0 Å². The third-order valence-corrected chi connectivity index (χ3v) is 4.22. The summed E-state index contributed by atoms with van der Waals surface area (Å²) < 4.78 is 53.3. The number of aromatic nitrogens is 2. The predicted molar refractivity (Wildman–Crippen MR) is 96.0 cm³/mol. The lowest BCUT2D eigenvalue weighted by molar-refractivity contribution is -0.141. The molecule has 0 aliphatic rings. The van der Waals surface area contributed by atoms with Gasteiger partial charge in [0, 0.05) is 12.6 Å². The minimum Gasteiger partial charge on any atom is -0.350 e. The molecule has 0 unspecified atom stereocenters. The van der Waals surface area contributed by atoms with E-state index in [4.69, 9.17) is 11.6 Å². The molecule has 0 aliphatic carbocycles. The summed E-state index contributed by atoms with van der Waals surface area (Å²) in [6, 6.07) is 12.6. The van der Waals surface area contributed by atoms with E-state index in [1.807, 2.05) is 0 Å². The summed E-state index contributed by atoms with van der Waals surface area (Å²) in [5, 5.41) is 6.18. The highest BCUT2D eigenvalue weighted by Crippen LogP contribution is 2.30. The molecule has 1 aromatic heterocycles. The first-order valence-corrected chi connectivity index (χ1v) is 8.58. The molecule has 9 heteroatoms. The second-order valence-electron chi connectivity index (χ2n) is 5.91. The Balaban J connectivity index is 1.84. The number of hydrogen-bond acceptors (Lipinski definition) is 2. The van der Waals surface area contributed by atoms with E-state index in [1.54, 1.807) is 18.2 Å². The topological polar surface area (TPSA) is 46.9 Å². The van der Waals surface area contributed by atoms with Gasteiger partial charge in [0.1, 0.15) is 11.5 Å². The van der Waals surface area contributed by atoms with Crippen molar-refractivity contribution in [1.29, 1.82) is 0 Å². The number of carbonyl (C=O) groups is 1. The SMILES string of the molecule is O=C(NCCc1cccc(F)c1)c1cc(C(F)(F)F)nn1-c1ccccc1Cl. The van der Waals surface area contributed by atoms with Crippen molar-refractivity contribution in [3.63, 3.8) is 0 Å². The highest BCUT2D eigenvalue weighted by atomic mass is 35.5. The summed E-state index contributed by atoms with van der Waals surface area (Å²) in [5.74, 6) is -1.16. The van der Waals surface area contributed by atoms with Crippen LogP contribution in [-0.4, -0.2) is 22.2 Å². The maximum atomic E-state index is 13.2. The van der Waals surface area contributed by atoms with Gasteiger partial charge in [-0.3, -0.25) is 4.79 Å². The van der Waals surface area contributed by atoms with E-state index in [0.717, 1.165) is 4.68 Å². The average Bonchev–Trinajstić information content (AvgIpc) is 3.08. The lowest BCUT2D eigenvalue weighted by Gasteiger charge is -2.10. The fraction of sp³-hybridized carbons (Fsp3) is 0.158. The Labute approximate surface area is 162 Å². The fourth-order valence-electron chi connectivity index (χ4n) is 2.59. The van der Waals surface area contributed by atoms with Gasteiger partial charge in [-0.25, -0.2) is 9.07 Å². The van der Waals surface area contributed by atoms with Gasteiger partial charge >= 0.3 is 6.18 Å². The molecular formula is C19H14ClF4N3O. The van der Waals surface area contributed by atoms with Crippen molar-refractivity contribution >= 4 is 17.5 Å². The van der Waals surface area contributed by atoms with Crippen LogP contribution in [0, 0.1) is 5.82 Å². The van der Waals surface area contributed by atoms with Crippen LogP contribution in [0.3, 0.4) is 0 Å². The van der Waals surface area contributed by atoms with Crippen molar-refractivity contribution in [3.8, 4) is 5.69 Å². The van der Waals surface area contributed by atoms with E-state index in [9.17, 15) is 22.4 Å². The molecule has 0 fully saturated rings. The van der Waals surface area contributed by atoms with Gasteiger partial charge in [0.05, 0.1) is 10.7 Å². The van der Waals surface area contributed by atoms with Crippen LogP contribution in [-0.2, 0) is 12.6 Å². The van der Waals surface area contributed by atoms with Gasteiger partial charge in [-0.05, 0) is 36.2 Å². The molecule has 0 saturated heterocycles. The third kappa shape index (κ3) is 4.51. The van der Waals surface area contributed by atoms with Crippen LogP contribution in [0.4, 0.5) is 17.6 Å². The van der Waals surface area contributed by atoms with E-state index in [1.165, 1.54) is 30.3 Å². The van der Waals surface area contributed by atoms with Crippen LogP contribution in [0.1, 0.15) is 21.7 Å². The largest absolute Gasteiger partial charge is 0.435 e. The van der Waals surface area contributed by atoms with Gasteiger partial charge in [0.25, 0.3) is 5.91 Å². The number of halogens is 5. The summed E-state index contributed by atoms with van der Waals surface area (Å²) in [6.07, 6.45) is -4.40. The summed E-state index contributed by atoms with van der Waals surface area (Å²) in [5.41, 5.74) is -0.715. The maximum Gasteiger partial charge on any atom is 0.435 e. The fourth-order valence-corrected chi connectivity index (χ4v) is 2.81. The van der Waals surface area contributed by atoms with Crippen LogP contribution in [0.15, 0.2) is 54.6 Å². The Bertz CT molecular complexity index is 1000. The Morgan fingerprint density at radius 1 is 1.11 bits per heavy atom. The Morgan fingerprint density at radius 2 is 1.86 bits per heavy atom. The molecule has 0 saturated carbocycles. The molecule has 1 heterocycles. The van der Waals surface area contributed by atoms with Gasteiger partial charge in [0.15, 0.2) is 5.69 Å². The van der Waals surface area contributed by atoms with Crippen molar-refractivity contribution in [2.75, 3.05) is 6.54 Å². The minimum atomic E-state index is -4.72. The molecule has 0 spiro atoms. The Kier molecular flexibility index (Phi) is 5.69. The van der Waals surface area contributed by atoms with Gasteiger partial charge in [-0.1, -0.05) is 35.9 Å². The molecule has 0 bridgehead atoms. The smallest absolute Gasteiger partial charge is 0.350 e. The first kappa shape index (κ1) is 19.9. The summed E-state index contributed by atoms with van der Waals surface area (Å²) in [6.45, 7) is 0.108. The number of para-hydroxylation sites is 1. The number of rotatable bonds is 5. The quantitative estimate of drug-likeness (QED) is 0.621. The van der Waals surface area contributed by atoms with E-state index in [2.05, 4.69) is 10.4 Å². The van der Waals surface area contributed by atoms with E-state index >= 15 is 0 Å². The first-order valence-electron chi connectivity index (χ1n) is 8.20. The van der Waals surface area contributed by atoms with Gasteiger partial charge in [-0.15, -0.1) is 0 Å². The standard InChI is InChI=1S/C19H14ClF4N3O/c20-14-6-1-2-7-15(14)27-16(11-17(26-27)19(22,23)24)18(28)25-9-8-12-4-3-5-13(21)10-12/h1-7,10-11H,8-9H2,(H,25,28). The van der Waals surface area contributed by atoms with Crippen molar-refractivity contribution in [2.24, 2.45) is 0 Å². The molecule has 3 aromatic rings. The highest BCUT2D eigenvalue weighted by Gasteiger charge is 2.36. The van der Waals surface area contributed by atoms with Gasteiger partial charge in [-0.2, -0.15) is 18.3 Å². The van der Waals surface area contributed by atoms with Gasteiger partial charge < -0.3 is 5.32 Å². The molecule has 28 heavy (non-hydrogen) atoms. The molecule has 0 aliphatic heterocycles. The number of carbonyl (C=O) groups excluding carboxylic acids is 1. The number of benzene rings is 2. The predicted octanol–water partition coefficient (Wildman–Crippen LogP) is 4.66. The number of nitrogens with one attached hydrogen (secondary N) is 1.